The number of thioether (sulfide) groups is 1. The number of methoxy groups -OCH3 is 1. The molecule has 0 radical (unpaired) electrons. The van der Waals surface area contributed by atoms with E-state index < -0.39 is 11.2 Å². The Hall–Kier alpha value is -2.87. The van der Waals surface area contributed by atoms with Crippen molar-refractivity contribution in [1.82, 2.24) is 4.90 Å². The quantitative estimate of drug-likeness (QED) is 0.820. The van der Waals surface area contributed by atoms with E-state index >= 15 is 0 Å². The molecule has 1 atom stereocenters. The SMILES string of the molecule is COc1ccc(CN2C(=O)C(CC(=O)O)SC2=Nc2ccc(F)cc2)cc1. The Balaban J connectivity index is 1.88. The minimum Gasteiger partial charge on any atom is -0.497 e. The molecule has 0 saturated carbocycles. The fourth-order valence-corrected chi connectivity index (χ4v) is 3.72. The summed E-state index contributed by atoms with van der Waals surface area (Å²) in [6.07, 6.45) is -0.287. The highest BCUT2D eigenvalue weighted by Crippen LogP contribution is 2.33. The molecule has 1 amide bonds. The average Bonchev–Trinajstić information content (AvgIpc) is 2.92. The van der Waals surface area contributed by atoms with Gasteiger partial charge >= 0.3 is 5.97 Å². The van der Waals surface area contributed by atoms with Gasteiger partial charge in [0.05, 0.1) is 25.8 Å². The Morgan fingerprint density at radius 3 is 2.48 bits per heavy atom. The molecule has 27 heavy (non-hydrogen) atoms. The zero-order chi connectivity index (χ0) is 19.4. The number of benzene rings is 2. The Bertz CT molecular complexity index is 868. The first kappa shape index (κ1) is 18.9. The first-order valence-electron chi connectivity index (χ1n) is 8.13. The summed E-state index contributed by atoms with van der Waals surface area (Å²) >= 11 is 1.11. The first-order chi connectivity index (χ1) is 13.0. The van der Waals surface area contributed by atoms with E-state index in [9.17, 15) is 14.0 Å². The average molecular weight is 388 g/mol. The minimum atomic E-state index is -1.05. The van der Waals surface area contributed by atoms with E-state index in [1.807, 2.05) is 12.1 Å². The first-order valence-corrected chi connectivity index (χ1v) is 9.01. The van der Waals surface area contributed by atoms with Crippen LogP contribution in [-0.2, 0) is 16.1 Å². The second-order valence-electron chi connectivity index (χ2n) is 5.85. The molecule has 0 spiro atoms. The fourth-order valence-electron chi connectivity index (χ4n) is 2.57. The lowest BCUT2D eigenvalue weighted by Crippen LogP contribution is -2.32. The summed E-state index contributed by atoms with van der Waals surface area (Å²) in [5, 5.41) is 8.71. The molecule has 1 saturated heterocycles. The molecule has 8 heteroatoms. The van der Waals surface area contributed by atoms with Gasteiger partial charge in [0.1, 0.15) is 16.8 Å². The molecule has 0 aliphatic carbocycles. The van der Waals surface area contributed by atoms with Gasteiger partial charge in [0.15, 0.2) is 5.17 Å². The molecule has 140 valence electrons. The van der Waals surface area contributed by atoms with E-state index in [4.69, 9.17) is 9.84 Å². The normalized spacial score (nSPS) is 18.1. The van der Waals surface area contributed by atoms with Crippen LogP contribution in [0.25, 0.3) is 0 Å². The third kappa shape index (κ3) is 4.65. The monoisotopic (exact) mass is 388 g/mol. The third-order valence-electron chi connectivity index (χ3n) is 3.93. The molecule has 1 unspecified atom stereocenters. The fraction of sp³-hybridized carbons (Fsp3) is 0.211. The molecular weight excluding hydrogens is 371 g/mol. The van der Waals surface area contributed by atoms with E-state index in [2.05, 4.69) is 4.99 Å². The third-order valence-corrected chi connectivity index (χ3v) is 5.11. The number of carbonyl (C=O) groups is 2. The van der Waals surface area contributed by atoms with Crippen LogP contribution >= 0.6 is 11.8 Å². The van der Waals surface area contributed by atoms with E-state index in [-0.39, 0.29) is 24.7 Å². The summed E-state index contributed by atoms with van der Waals surface area (Å²) in [5.74, 6) is -1.04. The maximum atomic E-state index is 13.1. The lowest BCUT2D eigenvalue weighted by atomic mass is 10.2. The van der Waals surface area contributed by atoms with Gasteiger partial charge in [0.2, 0.25) is 5.91 Å². The van der Waals surface area contributed by atoms with E-state index in [1.54, 1.807) is 19.2 Å². The molecule has 1 N–H and O–H groups in total. The minimum absolute atomic E-state index is 0.256. The summed E-state index contributed by atoms with van der Waals surface area (Å²) in [7, 11) is 1.57. The van der Waals surface area contributed by atoms with E-state index in [0.29, 0.717) is 16.6 Å². The molecular formula is C19H17FN2O4S. The number of carbonyl (C=O) groups excluding carboxylic acids is 1. The Kier molecular flexibility index (Phi) is 5.75. The number of amidine groups is 1. The molecule has 1 fully saturated rings. The van der Waals surface area contributed by atoms with Gasteiger partial charge in [-0.3, -0.25) is 14.5 Å². The summed E-state index contributed by atoms with van der Waals surface area (Å²) in [4.78, 5) is 29.6. The number of rotatable bonds is 6. The smallest absolute Gasteiger partial charge is 0.305 e. The molecule has 0 bridgehead atoms. The molecule has 6 nitrogen and oxygen atoms in total. The van der Waals surface area contributed by atoms with Crippen LogP contribution in [0.3, 0.4) is 0 Å². The summed E-state index contributed by atoms with van der Waals surface area (Å²) in [6.45, 7) is 0.256. The molecule has 2 aromatic carbocycles. The van der Waals surface area contributed by atoms with E-state index in [1.165, 1.54) is 29.2 Å². The summed E-state index contributed by atoms with van der Waals surface area (Å²) < 4.78 is 18.2. The van der Waals surface area contributed by atoms with Crippen LogP contribution in [-0.4, -0.2) is 39.4 Å². The van der Waals surface area contributed by atoms with Crippen molar-refractivity contribution in [3.63, 3.8) is 0 Å². The maximum absolute atomic E-state index is 13.1. The van der Waals surface area contributed by atoms with E-state index in [0.717, 1.165) is 17.3 Å². The van der Waals surface area contributed by atoms with Gasteiger partial charge in [-0.2, -0.15) is 0 Å². The largest absolute Gasteiger partial charge is 0.497 e. The number of amides is 1. The molecule has 0 aromatic heterocycles. The number of nitrogens with zero attached hydrogens (tertiary/aromatic N) is 2. The number of hydrogen-bond acceptors (Lipinski definition) is 5. The Labute approximate surface area is 159 Å². The zero-order valence-electron chi connectivity index (χ0n) is 14.5. The molecule has 2 aromatic rings. The number of aliphatic imine (C=N–C) groups is 1. The Morgan fingerprint density at radius 1 is 1.22 bits per heavy atom. The predicted molar refractivity (Wildman–Crippen MR) is 101 cm³/mol. The molecule has 1 aliphatic rings. The second-order valence-corrected chi connectivity index (χ2v) is 7.02. The number of aliphatic carboxylic acids is 1. The standard InChI is InChI=1S/C19H17FN2O4S/c1-26-15-8-2-12(3-9-15)11-22-18(25)16(10-17(23)24)27-19(22)21-14-6-4-13(20)5-7-14/h2-9,16H,10-11H2,1H3,(H,23,24). The van der Waals surface area contributed by atoms with Crippen molar-refractivity contribution >= 4 is 34.5 Å². The highest BCUT2D eigenvalue weighted by atomic mass is 32.2. The summed E-state index contributed by atoms with van der Waals surface area (Å²) in [5.41, 5.74) is 1.34. The van der Waals surface area contributed by atoms with Gasteiger partial charge < -0.3 is 9.84 Å². The van der Waals surface area contributed by atoms with Crippen LogP contribution in [0.2, 0.25) is 0 Å². The van der Waals surface area contributed by atoms with Crippen molar-refractivity contribution < 1.29 is 23.8 Å². The van der Waals surface area contributed by atoms with Gasteiger partial charge in [0, 0.05) is 0 Å². The van der Waals surface area contributed by atoms with Gasteiger partial charge in [0.25, 0.3) is 0 Å². The zero-order valence-corrected chi connectivity index (χ0v) is 15.3. The molecule has 1 aliphatic heterocycles. The van der Waals surface area contributed by atoms with Crippen molar-refractivity contribution in [3.8, 4) is 5.75 Å². The van der Waals surface area contributed by atoms with Crippen LogP contribution < -0.4 is 4.74 Å². The van der Waals surface area contributed by atoms with Crippen molar-refractivity contribution in [2.45, 2.75) is 18.2 Å². The molecule has 3 rings (SSSR count). The summed E-state index contributed by atoms with van der Waals surface area (Å²) in [6, 6.07) is 12.8. The topological polar surface area (TPSA) is 79.2 Å². The van der Waals surface area contributed by atoms with Gasteiger partial charge in [-0.1, -0.05) is 23.9 Å². The van der Waals surface area contributed by atoms with Crippen molar-refractivity contribution in [1.29, 1.82) is 0 Å². The number of carboxylic acids is 1. The maximum Gasteiger partial charge on any atom is 0.305 e. The van der Waals surface area contributed by atoms with Crippen LogP contribution in [0.1, 0.15) is 12.0 Å². The number of hydrogen-bond donors (Lipinski definition) is 1. The van der Waals surface area contributed by atoms with Gasteiger partial charge in [-0.15, -0.1) is 0 Å². The van der Waals surface area contributed by atoms with Crippen LogP contribution in [0.15, 0.2) is 53.5 Å². The number of ether oxygens (including phenoxy) is 1. The van der Waals surface area contributed by atoms with Crippen molar-refractivity contribution in [2.24, 2.45) is 4.99 Å². The lowest BCUT2D eigenvalue weighted by molar-refractivity contribution is -0.139. The van der Waals surface area contributed by atoms with Crippen molar-refractivity contribution in [2.75, 3.05) is 7.11 Å². The number of carboxylic acid groups (broad SMARTS) is 1. The van der Waals surface area contributed by atoms with Crippen LogP contribution in [0.5, 0.6) is 5.75 Å². The predicted octanol–water partition coefficient (Wildman–Crippen LogP) is 3.44. The Morgan fingerprint density at radius 2 is 1.89 bits per heavy atom. The molecule has 1 heterocycles. The van der Waals surface area contributed by atoms with Gasteiger partial charge in [-0.05, 0) is 42.0 Å². The second kappa shape index (κ2) is 8.22. The highest BCUT2D eigenvalue weighted by molar-refractivity contribution is 8.15. The highest BCUT2D eigenvalue weighted by Gasteiger charge is 2.39. The number of halogens is 1. The van der Waals surface area contributed by atoms with Crippen LogP contribution in [0, 0.1) is 5.82 Å². The van der Waals surface area contributed by atoms with Crippen LogP contribution in [0.4, 0.5) is 10.1 Å². The lowest BCUT2D eigenvalue weighted by Gasteiger charge is -2.16. The van der Waals surface area contributed by atoms with Gasteiger partial charge in [-0.25, -0.2) is 9.38 Å². The van der Waals surface area contributed by atoms with Crippen molar-refractivity contribution in [3.05, 3.63) is 59.9 Å².